The molecule has 0 N–H and O–H groups in total. The largest absolute Gasteiger partial charge is 0.469 e. The lowest BCUT2D eigenvalue weighted by Gasteiger charge is -2.20. The van der Waals surface area contributed by atoms with E-state index in [0.717, 1.165) is 11.1 Å². The van der Waals surface area contributed by atoms with Crippen LogP contribution in [0, 0.1) is 16.2 Å². The van der Waals surface area contributed by atoms with Crippen LogP contribution in [0.5, 0.6) is 0 Å². The van der Waals surface area contributed by atoms with Crippen molar-refractivity contribution in [1.29, 1.82) is 0 Å². The number of nitro benzene ring substituents is 1. The number of nitrogens with zero attached hydrogens (tertiary/aromatic N) is 3. The van der Waals surface area contributed by atoms with Gasteiger partial charge in [-0.15, -0.1) is 10.2 Å². The molecule has 0 fully saturated rings. The molecule has 2 aromatic carbocycles. The predicted molar refractivity (Wildman–Crippen MR) is 109 cm³/mol. The zero-order chi connectivity index (χ0) is 20.9. The zero-order valence-electron chi connectivity index (χ0n) is 16.2. The van der Waals surface area contributed by atoms with Crippen LogP contribution in [0.4, 0.5) is 17.1 Å². The summed E-state index contributed by atoms with van der Waals surface area (Å²) in [5.74, 6) is -0.293. The standard InChI is InChI=1S/C20H21BrN3O4/c1-20(2,3)14-9-13(5-8-19(25)28-4)10-16(11-14)22-23-17-7-6-15(21)12-18(17)24(26)27/h6-7,9-10,12H,5,8H2,1-4H3. The number of hydrogen-bond acceptors (Lipinski definition) is 6. The molecule has 0 unspecified atom stereocenters. The van der Waals surface area contributed by atoms with Crippen molar-refractivity contribution in [1.82, 2.24) is 0 Å². The second kappa shape index (κ2) is 9.05. The lowest BCUT2D eigenvalue weighted by molar-refractivity contribution is -0.384. The van der Waals surface area contributed by atoms with Crippen molar-refractivity contribution in [3.63, 3.8) is 0 Å². The second-order valence-corrected chi connectivity index (χ2v) is 8.12. The smallest absolute Gasteiger partial charge is 0.305 e. The highest BCUT2D eigenvalue weighted by Gasteiger charge is 2.17. The van der Waals surface area contributed by atoms with Gasteiger partial charge in [0, 0.05) is 23.0 Å². The first kappa shape index (κ1) is 21.7. The van der Waals surface area contributed by atoms with Gasteiger partial charge >= 0.3 is 5.97 Å². The summed E-state index contributed by atoms with van der Waals surface area (Å²) in [7, 11) is 1.35. The summed E-state index contributed by atoms with van der Waals surface area (Å²) in [4.78, 5) is 22.2. The number of nitro groups is 1. The summed E-state index contributed by atoms with van der Waals surface area (Å²) in [5.41, 5.74) is 2.08. The summed E-state index contributed by atoms with van der Waals surface area (Å²) >= 11 is 3.22. The number of carbonyl (C=O) groups excluding carboxylic acids is 1. The molecular weight excluding hydrogens is 426 g/mol. The van der Waals surface area contributed by atoms with Gasteiger partial charge in [-0.05, 0) is 41.2 Å². The minimum Gasteiger partial charge on any atom is -0.469 e. The third-order valence-corrected chi connectivity index (χ3v) is 4.46. The first-order valence-electron chi connectivity index (χ1n) is 8.59. The Morgan fingerprint density at radius 2 is 1.96 bits per heavy atom. The van der Waals surface area contributed by atoms with Crippen molar-refractivity contribution in [2.75, 3.05) is 7.11 Å². The van der Waals surface area contributed by atoms with Gasteiger partial charge in [0.1, 0.15) is 0 Å². The quantitative estimate of drug-likeness (QED) is 0.236. The Kier molecular flexibility index (Phi) is 7.01. The van der Waals surface area contributed by atoms with E-state index in [-0.39, 0.29) is 29.2 Å². The fraction of sp³-hybridized carbons (Fsp3) is 0.350. The molecule has 0 aliphatic rings. The summed E-state index contributed by atoms with van der Waals surface area (Å²) in [6.07, 6.45) is 0.740. The van der Waals surface area contributed by atoms with Gasteiger partial charge in [0.2, 0.25) is 0 Å². The molecule has 0 aliphatic carbocycles. The van der Waals surface area contributed by atoms with E-state index >= 15 is 0 Å². The summed E-state index contributed by atoms with van der Waals surface area (Å²) in [6.45, 7) is 6.14. The number of halogens is 1. The molecule has 8 heteroatoms. The van der Waals surface area contributed by atoms with E-state index in [1.165, 1.54) is 19.2 Å². The van der Waals surface area contributed by atoms with Gasteiger partial charge in [0.25, 0.3) is 5.69 Å². The molecule has 2 rings (SSSR count). The second-order valence-electron chi connectivity index (χ2n) is 7.20. The maximum absolute atomic E-state index is 11.5. The van der Waals surface area contributed by atoms with Crippen molar-refractivity contribution in [3.8, 4) is 0 Å². The Balaban J connectivity index is 2.40. The highest BCUT2D eigenvalue weighted by Crippen LogP contribution is 2.33. The van der Waals surface area contributed by atoms with E-state index in [0.29, 0.717) is 16.6 Å². The van der Waals surface area contributed by atoms with Gasteiger partial charge in [0.05, 0.1) is 17.7 Å². The Bertz CT molecular complexity index is 920. The summed E-state index contributed by atoms with van der Waals surface area (Å²) < 4.78 is 5.28. The van der Waals surface area contributed by atoms with E-state index in [1.54, 1.807) is 12.1 Å². The molecule has 147 valence electrons. The maximum Gasteiger partial charge on any atom is 0.305 e. The first-order chi connectivity index (χ1) is 13.1. The SMILES string of the molecule is COC(=O)CCc1cc(N=Nc2ccc(Br)cc2[N+](=O)[O-])[c]c(C(C)(C)C)c1. The molecule has 0 heterocycles. The molecule has 0 atom stereocenters. The number of azo groups is 1. The topological polar surface area (TPSA) is 94.2 Å². The summed E-state index contributed by atoms with van der Waals surface area (Å²) in [6, 6.07) is 11.5. The van der Waals surface area contributed by atoms with Crippen molar-refractivity contribution in [2.24, 2.45) is 10.2 Å². The number of esters is 1. The van der Waals surface area contributed by atoms with E-state index in [2.05, 4.69) is 32.2 Å². The Hall–Kier alpha value is -2.61. The van der Waals surface area contributed by atoms with Crippen molar-refractivity contribution in [3.05, 3.63) is 62.1 Å². The fourth-order valence-electron chi connectivity index (χ4n) is 2.40. The van der Waals surface area contributed by atoms with Crippen LogP contribution in [0.25, 0.3) is 0 Å². The van der Waals surface area contributed by atoms with Crippen LogP contribution in [0.2, 0.25) is 0 Å². The molecule has 2 aromatic rings. The molecule has 0 bridgehead atoms. The van der Waals surface area contributed by atoms with E-state index in [1.807, 2.05) is 26.8 Å². The minimum absolute atomic E-state index is 0.143. The highest BCUT2D eigenvalue weighted by molar-refractivity contribution is 9.10. The van der Waals surface area contributed by atoms with Crippen LogP contribution >= 0.6 is 15.9 Å². The third-order valence-electron chi connectivity index (χ3n) is 3.97. The molecule has 0 aliphatic heterocycles. The van der Waals surface area contributed by atoms with E-state index in [9.17, 15) is 14.9 Å². The van der Waals surface area contributed by atoms with Crippen LogP contribution in [-0.4, -0.2) is 18.0 Å². The number of ether oxygens (including phenoxy) is 1. The van der Waals surface area contributed by atoms with Crippen LogP contribution < -0.4 is 0 Å². The van der Waals surface area contributed by atoms with Crippen LogP contribution in [0.3, 0.4) is 0 Å². The Morgan fingerprint density at radius 1 is 1.25 bits per heavy atom. The minimum atomic E-state index is -0.504. The molecule has 0 aromatic heterocycles. The number of rotatable bonds is 6. The zero-order valence-corrected chi connectivity index (χ0v) is 17.7. The average Bonchev–Trinajstić information content (AvgIpc) is 2.64. The number of methoxy groups -OCH3 is 1. The monoisotopic (exact) mass is 446 g/mol. The van der Waals surface area contributed by atoms with E-state index < -0.39 is 4.92 Å². The van der Waals surface area contributed by atoms with Gasteiger partial charge in [-0.3, -0.25) is 14.9 Å². The molecule has 0 spiro atoms. The number of hydrogen-bond donors (Lipinski definition) is 0. The van der Waals surface area contributed by atoms with Crippen molar-refractivity contribution >= 4 is 39.0 Å². The number of aryl methyl sites for hydroxylation is 1. The van der Waals surface area contributed by atoms with E-state index in [4.69, 9.17) is 4.74 Å². The average molecular weight is 447 g/mol. The Morgan fingerprint density at radius 3 is 2.57 bits per heavy atom. The molecule has 1 radical (unpaired) electrons. The number of benzene rings is 2. The van der Waals surface area contributed by atoms with Gasteiger partial charge in [-0.1, -0.05) is 42.8 Å². The lowest BCUT2D eigenvalue weighted by atomic mass is 9.85. The van der Waals surface area contributed by atoms with Crippen molar-refractivity contribution in [2.45, 2.75) is 39.0 Å². The Labute approximate surface area is 172 Å². The molecule has 0 amide bonds. The molecular formula is C20H21BrN3O4. The normalized spacial score (nSPS) is 11.6. The van der Waals surface area contributed by atoms with Crippen molar-refractivity contribution < 1.29 is 14.5 Å². The van der Waals surface area contributed by atoms with Gasteiger partial charge in [-0.25, -0.2) is 0 Å². The molecule has 0 saturated carbocycles. The van der Waals surface area contributed by atoms with Gasteiger partial charge < -0.3 is 4.74 Å². The third kappa shape index (κ3) is 5.95. The summed E-state index contributed by atoms with van der Waals surface area (Å²) in [5, 5.41) is 19.5. The molecule has 28 heavy (non-hydrogen) atoms. The van der Waals surface area contributed by atoms with Crippen LogP contribution in [0.1, 0.15) is 38.3 Å². The first-order valence-corrected chi connectivity index (χ1v) is 9.38. The fourth-order valence-corrected chi connectivity index (χ4v) is 2.75. The number of carbonyl (C=O) groups is 1. The van der Waals surface area contributed by atoms with Crippen LogP contribution in [-0.2, 0) is 21.4 Å². The lowest BCUT2D eigenvalue weighted by Crippen LogP contribution is -2.12. The molecule has 0 saturated heterocycles. The highest BCUT2D eigenvalue weighted by atomic mass is 79.9. The maximum atomic E-state index is 11.5. The van der Waals surface area contributed by atoms with Crippen LogP contribution in [0.15, 0.2) is 45.0 Å². The van der Waals surface area contributed by atoms with Gasteiger partial charge in [0.15, 0.2) is 5.69 Å². The predicted octanol–water partition coefficient (Wildman–Crippen LogP) is 5.98. The molecule has 7 nitrogen and oxygen atoms in total. The van der Waals surface area contributed by atoms with Gasteiger partial charge in [-0.2, -0.15) is 0 Å².